The highest BCUT2D eigenvalue weighted by Crippen LogP contribution is 2.36. The van der Waals surface area contributed by atoms with Gasteiger partial charge in [-0.3, -0.25) is 14.2 Å². The summed E-state index contributed by atoms with van der Waals surface area (Å²) in [6, 6.07) is 7.70. The summed E-state index contributed by atoms with van der Waals surface area (Å²) in [5.74, 6) is 1.27. The van der Waals surface area contributed by atoms with Gasteiger partial charge >= 0.3 is 5.69 Å². The van der Waals surface area contributed by atoms with Crippen LogP contribution in [0.2, 0.25) is 0 Å². The molecule has 0 N–H and O–H groups in total. The molecule has 150 valence electrons. The third-order valence-corrected chi connectivity index (χ3v) is 5.35. The molecule has 0 fully saturated rings. The van der Waals surface area contributed by atoms with Crippen LogP contribution < -0.4 is 10.4 Å². The molecule has 5 aromatic rings. The summed E-state index contributed by atoms with van der Waals surface area (Å²) in [6.07, 6.45) is 7.19. The fraction of sp³-hybridized carbons (Fsp3) is 0.182. The molecule has 0 amide bonds. The molecule has 0 aliphatic carbocycles. The minimum absolute atomic E-state index is 0.172. The number of nitrogens with zero attached hydrogens (tertiary/aromatic N) is 6. The van der Waals surface area contributed by atoms with Crippen LogP contribution in [0.1, 0.15) is 5.56 Å². The number of ether oxygens (including phenoxy) is 1. The maximum atomic E-state index is 13.1. The predicted octanol–water partition coefficient (Wildman–Crippen LogP) is 2.99. The van der Waals surface area contributed by atoms with Gasteiger partial charge in [0.15, 0.2) is 0 Å². The van der Waals surface area contributed by atoms with E-state index < -0.39 is 0 Å². The molecule has 1 aromatic carbocycles. The quantitative estimate of drug-likeness (QED) is 0.465. The first-order valence-electron chi connectivity index (χ1n) is 9.48. The van der Waals surface area contributed by atoms with E-state index in [0.29, 0.717) is 11.6 Å². The number of benzene rings is 1. The van der Waals surface area contributed by atoms with E-state index in [1.165, 1.54) is 0 Å². The smallest absolute Gasteiger partial charge is 0.334 e. The second-order valence-corrected chi connectivity index (χ2v) is 7.34. The second-order valence-electron chi connectivity index (χ2n) is 7.34. The van der Waals surface area contributed by atoms with Crippen LogP contribution in [0.15, 0.2) is 53.8 Å². The van der Waals surface area contributed by atoms with Gasteiger partial charge in [-0.15, -0.1) is 0 Å². The van der Waals surface area contributed by atoms with Crippen molar-refractivity contribution in [2.45, 2.75) is 6.92 Å². The maximum absolute atomic E-state index is 13.1. The van der Waals surface area contributed by atoms with Crippen molar-refractivity contribution in [3.63, 3.8) is 0 Å². The second kappa shape index (κ2) is 6.55. The zero-order valence-electron chi connectivity index (χ0n) is 17.1. The molecule has 8 heteroatoms. The molecular formula is C22H20N6O2. The largest absolute Gasteiger partial charge is 0.496 e. The Morgan fingerprint density at radius 3 is 2.53 bits per heavy atom. The summed E-state index contributed by atoms with van der Waals surface area (Å²) < 4.78 is 10.6. The minimum atomic E-state index is -0.172. The van der Waals surface area contributed by atoms with E-state index in [1.54, 1.807) is 46.6 Å². The fourth-order valence-electron chi connectivity index (χ4n) is 3.78. The first kappa shape index (κ1) is 18.1. The van der Waals surface area contributed by atoms with E-state index in [2.05, 4.69) is 15.1 Å². The maximum Gasteiger partial charge on any atom is 0.334 e. The number of methoxy groups -OCH3 is 1. The molecule has 0 spiro atoms. The molecule has 30 heavy (non-hydrogen) atoms. The average molecular weight is 400 g/mol. The summed E-state index contributed by atoms with van der Waals surface area (Å²) in [5, 5.41) is 5.12. The van der Waals surface area contributed by atoms with Crippen LogP contribution in [0.5, 0.6) is 5.75 Å². The van der Waals surface area contributed by atoms with Crippen molar-refractivity contribution in [2.24, 2.45) is 14.1 Å². The standard InChI is InChI=1S/C22H20N6O2/c1-13-5-6-20(24-9-13)28-21-16-7-15(14-10-25-26(2)12-14)19(30-4)8-17(16)23-11-18(21)27(3)22(28)29/h5-12H,1-4H3. The van der Waals surface area contributed by atoms with Crippen LogP contribution in [0.25, 0.3) is 38.9 Å². The van der Waals surface area contributed by atoms with Crippen molar-refractivity contribution < 1.29 is 4.74 Å². The Balaban J connectivity index is 1.92. The highest BCUT2D eigenvalue weighted by atomic mass is 16.5. The van der Waals surface area contributed by atoms with E-state index in [9.17, 15) is 4.79 Å². The van der Waals surface area contributed by atoms with E-state index in [4.69, 9.17) is 4.74 Å². The van der Waals surface area contributed by atoms with Crippen LogP contribution in [-0.2, 0) is 14.1 Å². The van der Waals surface area contributed by atoms with Gasteiger partial charge in [-0.05, 0) is 24.6 Å². The molecule has 0 atom stereocenters. The molecule has 5 rings (SSSR count). The number of aryl methyl sites for hydroxylation is 3. The molecule has 0 radical (unpaired) electrons. The van der Waals surface area contributed by atoms with E-state index in [0.717, 1.165) is 38.6 Å². The minimum Gasteiger partial charge on any atom is -0.496 e. The van der Waals surface area contributed by atoms with Gasteiger partial charge in [-0.25, -0.2) is 14.3 Å². The number of hydrogen-bond acceptors (Lipinski definition) is 5. The topological polar surface area (TPSA) is 79.8 Å². The summed E-state index contributed by atoms with van der Waals surface area (Å²) in [7, 11) is 5.25. The summed E-state index contributed by atoms with van der Waals surface area (Å²) in [6.45, 7) is 1.97. The Morgan fingerprint density at radius 2 is 1.87 bits per heavy atom. The Hall–Kier alpha value is -3.94. The van der Waals surface area contributed by atoms with Crippen molar-refractivity contribution >= 4 is 21.9 Å². The van der Waals surface area contributed by atoms with Gasteiger partial charge < -0.3 is 4.74 Å². The van der Waals surface area contributed by atoms with E-state index >= 15 is 0 Å². The Bertz CT molecular complexity index is 1470. The van der Waals surface area contributed by atoms with Crippen LogP contribution in [-0.4, -0.2) is 36.0 Å². The first-order chi connectivity index (χ1) is 14.5. The Kier molecular flexibility index (Phi) is 3.95. The number of hydrogen-bond donors (Lipinski definition) is 0. The fourth-order valence-corrected chi connectivity index (χ4v) is 3.78. The molecule has 0 saturated heterocycles. The number of fused-ring (bicyclic) bond motifs is 3. The third kappa shape index (κ3) is 2.61. The number of rotatable bonds is 3. The molecule has 4 heterocycles. The molecule has 0 aliphatic heterocycles. The molecule has 0 aliphatic rings. The van der Waals surface area contributed by atoms with Crippen molar-refractivity contribution in [3.05, 3.63) is 65.1 Å². The van der Waals surface area contributed by atoms with Crippen molar-refractivity contribution in [1.29, 1.82) is 0 Å². The molecule has 0 bridgehead atoms. The summed E-state index contributed by atoms with van der Waals surface area (Å²) >= 11 is 0. The van der Waals surface area contributed by atoms with Gasteiger partial charge in [0.1, 0.15) is 11.6 Å². The SMILES string of the molecule is COc1cc2ncc3c(c2cc1-c1cnn(C)c1)n(-c1ccc(C)cn1)c(=O)n3C. The van der Waals surface area contributed by atoms with Gasteiger partial charge in [-0.2, -0.15) is 5.10 Å². The number of imidazole rings is 1. The van der Waals surface area contributed by atoms with Gasteiger partial charge in [0.2, 0.25) is 0 Å². The highest BCUT2D eigenvalue weighted by Gasteiger charge is 2.19. The lowest BCUT2D eigenvalue weighted by molar-refractivity contribution is 0.417. The van der Waals surface area contributed by atoms with Gasteiger partial charge in [-0.1, -0.05) is 6.07 Å². The lowest BCUT2D eigenvalue weighted by atomic mass is 10.0. The van der Waals surface area contributed by atoms with Crippen LogP contribution in [0.4, 0.5) is 0 Å². The number of pyridine rings is 2. The van der Waals surface area contributed by atoms with Gasteiger partial charge in [0.25, 0.3) is 0 Å². The first-order valence-corrected chi connectivity index (χ1v) is 9.48. The van der Waals surface area contributed by atoms with Crippen LogP contribution in [0.3, 0.4) is 0 Å². The van der Waals surface area contributed by atoms with Crippen molar-refractivity contribution in [3.8, 4) is 22.7 Å². The predicted molar refractivity (Wildman–Crippen MR) is 115 cm³/mol. The Morgan fingerprint density at radius 1 is 1.03 bits per heavy atom. The zero-order valence-corrected chi connectivity index (χ0v) is 17.1. The van der Waals surface area contributed by atoms with Gasteiger partial charge in [0.05, 0.1) is 36.1 Å². The third-order valence-electron chi connectivity index (χ3n) is 5.35. The molecular weight excluding hydrogens is 380 g/mol. The molecule has 0 saturated carbocycles. The van der Waals surface area contributed by atoms with Crippen LogP contribution >= 0.6 is 0 Å². The van der Waals surface area contributed by atoms with Crippen molar-refractivity contribution in [2.75, 3.05) is 7.11 Å². The highest BCUT2D eigenvalue weighted by molar-refractivity contribution is 6.05. The summed E-state index contributed by atoms with van der Waals surface area (Å²) in [4.78, 5) is 22.2. The molecule has 8 nitrogen and oxygen atoms in total. The number of aromatic nitrogens is 6. The van der Waals surface area contributed by atoms with E-state index in [-0.39, 0.29) is 5.69 Å². The average Bonchev–Trinajstić information content (AvgIpc) is 3.29. The Labute approximate surface area is 172 Å². The lowest BCUT2D eigenvalue weighted by Crippen LogP contribution is -2.21. The van der Waals surface area contributed by atoms with Crippen LogP contribution in [0, 0.1) is 6.92 Å². The molecule has 0 unspecified atom stereocenters. The lowest BCUT2D eigenvalue weighted by Gasteiger charge is -2.11. The monoisotopic (exact) mass is 400 g/mol. The van der Waals surface area contributed by atoms with E-state index in [1.807, 2.05) is 44.4 Å². The molecule has 4 aromatic heterocycles. The zero-order chi connectivity index (χ0) is 21.0. The normalized spacial score (nSPS) is 11.5. The van der Waals surface area contributed by atoms with Gasteiger partial charge in [0, 0.05) is 49.1 Å². The van der Waals surface area contributed by atoms with Crippen molar-refractivity contribution in [1.82, 2.24) is 28.9 Å². The summed E-state index contributed by atoms with van der Waals surface area (Å²) in [5.41, 5.74) is 4.89.